The monoisotopic (exact) mass is 541 g/mol. The number of para-hydroxylation sites is 1. The number of nitrogens with one attached hydrogen (secondary N) is 2. The molecule has 0 spiro atoms. The molecular weight excluding hydrogens is 514 g/mol. The van der Waals surface area contributed by atoms with Crippen molar-refractivity contribution in [3.8, 4) is 11.3 Å². The van der Waals surface area contributed by atoms with E-state index in [1.807, 2.05) is 68.1 Å². The topological polar surface area (TPSA) is 114 Å². The molecule has 2 aromatic carbocycles. The van der Waals surface area contributed by atoms with Gasteiger partial charge in [-0.2, -0.15) is 0 Å². The molecule has 10 heteroatoms. The Hall–Kier alpha value is -4.57. The fourth-order valence-electron chi connectivity index (χ4n) is 4.63. The van der Waals surface area contributed by atoms with Crippen molar-refractivity contribution in [1.82, 2.24) is 10.3 Å². The normalized spacial score (nSPS) is 16.8. The number of rotatable bonds is 7. The van der Waals surface area contributed by atoms with Crippen LogP contribution in [0.4, 0.5) is 17.1 Å². The van der Waals surface area contributed by atoms with Crippen molar-refractivity contribution < 1.29 is 14.1 Å². The Morgan fingerprint density at radius 1 is 1.13 bits per heavy atom. The number of anilines is 2. The molecule has 1 saturated heterocycles. The molecule has 9 nitrogen and oxygen atoms in total. The van der Waals surface area contributed by atoms with E-state index in [1.54, 1.807) is 30.5 Å². The van der Waals surface area contributed by atoms with Gasteiger partial charge in [-0.25, -0.2) is 0 Å². The van der Waals surface area contributed by atoms with E-state index in [1.165, 1.54) is 6.07 Å². The van der Waals surface area contributed by atoms with Crippen molar-refractivity contribution in [2.45, 2.75) is 32.9 Å². The van der Waals surface area contributed by atoms with Gasteiger partial charge in [0.15, 0.2) is 5.11 Å². The smallest absolute Gasteiger partial charge is 0.280 e. The van der Waals surface area contributed by atoms with Crippen molar-refractivity contribution in [1.29, 1.82) is 0 Å². The molecule has 0 radical (unpaired) electrons. The van der Waals surface area contributed by atoms with E-state index >= 15 is 0 Å². The summed E-state index contributed by atoms with van der Waals surface area (Å²) in [6.45, 7) is 5.62. The molecule has 1 fully saturated rings. The molecule has 0 saturated carbocycles. The SMILES string of the molecule is Cc1cc(N2C(=S)N[C@H](c3ccccn3)[C@@H]2c2ccc(-c3ccccc3[N+](=O)[O-])o2)ccc1NC(=O)C(C)C. The van der Waals surface area contributed by atoms with Crippen LogP contribution in [0.3, 0.4) is 0 Å². The van der Waals surface area contributed by atoms with Crippen LogP contribution in [0.1, 0.15) is 42.9 Å². The average molecular weight is 542 g/mol. The highest BCUT2D eigenvalue weighted by molar-refractivity contribution is 7.80. The van der Waals surface area contributed by atoms with E-state index in [2.05, 4.69) is 15.6 Å². The summed E-state index contributed by atoms with van der Waals surface area (Å²) in [7, 11) is 0. The molecule has 5 rings (SSSR count). The predicted octanol–water partition coefficient (Wildman–Crippen LogP) is 6.33. The molecule has 198 valence electrons. The summed E-state index contributed by atoms with van der Waals surface area (Å²) in [5.74, 6) is 0.755. The minimum absolute atomic E-state index is 0.0359. The maximum atomic E-state index is 12.3. The van der Waals surface area contributed by atoms with Crippen LogP contribution in [0.15, 0.2) is 83.4 Å². The predicted molar refractivity (Wildman–Crippen MR) is 153 cm³/mol. The third-order valence-corrected chi connectivity index (χ3v) is 6.97. The summed E-state index contributed by atoms with van der Waals surface area (Å²) in [4.78, 5) is 30.0. The molecular formula is C29H27N5O4S. The first-order valence-corrected chi connectivity index (χ1v) is 12.9. The molecule has 1 aliphatic heterocycles. The van der Waals surface area contributed by atoms with Crippen LogP contribution in [-0.4, -0.2) is 20.9 Å². The largest absolute Gasteiger partial charge is 0.459 e. The van der Waals surface area contributed by atoms with Crippen LogP contribution < -0.4 is 15.5 Å². The van der Waals surface area contributed by atoms with Gasteiger partial charge < -0.3 is 20.0 Å². The zero-order valence-electron chi connectivity index (χ0n) is 21.6. The number of nitrogens with zero attached hydrogens (tertiary/aromatic N) is 3. The third-order valence-electron chi connectivity index (χ3n) is 6.65. The van der Waals surface area contributed by atoms with Crippen LogP contribution in [0.2, 0.25) is 0 Å². The number of aromatic nitrogens is 1. The number of pyridine rings is 1. The van der Waals surface area contributed by atoms with Crippen LogP contribution in [0.5, 0.6) is 0 Å². The Balaban J connectivity index is 1.57. The van der Waals surface area contributed by atoms with Gasteiger partial charge in [-0.05, 0) is 73.2 Å². The van der Waals surface area contributed by atoms with Crippen molar-refractivity contribution >= 4 is 40.3 Å². The highest BCUT2D eigenvalue weighted by Gasteiger charge is 2.43. The first-order valence-electron chi connectivity index (χ1n) is 12.5. The highest BCUT2D eigenvalue weighted by atomic mass is 32.1. The average Bonchev–Trinajstić information content (AvgIpc) is 3.54. The molecule has 1 aliphatic rings. The number of amides is 1. The summed E-state index contributed by atoms with van der Waals surface area (Å²) in [5, 5.41) is 18.5. The van der Waals surface area contributed by atoms with Gasteiger partial charge in [0.05, 0.1) is 22.2 Å². The Labute approximate surface area is 231 Å². The molecule has 39 heavy (non-hydrogen) atoms. The van der Waals surface area contributed by atoms with Crippen LogP contribution in [0.25, 0.3) is 11.3 Å². The maximum Gasteiger partial charge on any atom is 0.280 e. The van der Waals surface area contributed by atoms with Crippen LogP contribution in [0, 0.1) is 23.0 Å². The second-order valence-electron chi connectivity index (χ2n) is 9.62. The molecule has 2 N–H and O–H groups in total. The van der Waals surface area contributed by atoms with Gasteiger partial charge >= 0.3 is 0 Å². The van der Waals surface area contributed by atoms with E-state index in [9.17, 15) is 14.9 Å². The number of nitro benzene ring substituents is 1. The maximum absolute atomic E-state index is 12.3. The van der Waals surface area contributed by atoms with Crippen LogP contribution >= 0.6 is 12.2 Å². The molecule has 0 aliphatic carbocycles. The zero-order valence-corrected chi connectivity index (χ0v) is 22.4. The second-order valence-corrected chi connectivity index (χ2v) is 10.0. The minimum atomic E-state index is -0.431. The first kappa shape index (κ1) is 26.1. The molecule has 4 aromatic rings. The molecule has 0 bridgehead atoms. The van der Waals surface area contributed by atoms with Gasteiger partial charge in [-0.1, -0.05) is 32.0 Å². The summed E-state index contributed by atoms with van der Waals surface area (Å²) < 4.78 is 6.30. The first-order chi connectivity index (χ1) is 18.7. The molecule has 0 unspecified atom stereocenters. The van der Waals surface area contributed by atoms with Gasteiger partial charge in [0, 0.05) is 29.6 Å². The summed E-state index contributed by atoms with van der Waals surface area (Å²) >= 11 is 5.80. The summed E-state index contributed by atoms with van der Waals surface area (Å²) in [6.07, 6.45) is 1.72. The van der Waals surface area contributed by atoms with Gasteiger partial charge in [0.2, 0.25) is 5.91 Å². The third kappa shape index (κ3) is 5.10. The molecule has 2 aromatic heterocycles. The van der Waals surface area contributed by atoms with Crippen molar-refractivity contribution in [3.05, 3.63) is 106 Å². The lowest BCUT2D eigenvalue weighted by Crippen LogP contribution is -2.29. The van der Waals surface area contributed by atoms with E-state index in [-0.39, 0.29) is 23.6 Å². The van der Waals surface area contributed by atoms with E-state index in [0.29, 0.717) is 22.2 Å². The minimum Gasteiger partial charge on any atom is -0.459 e. The van der Waals surface area contributed by atoms with Gasteiger partial charge in [-0.3, -0.25) is 19.9 Å². The van der Waals surface area contributed by atoms with Gasteiger partial charge in [0.25, 0.3) is 5.69 Å². The van der Waals surface area contributed by atoms with E-state index in [0.717, 1.165) is 22.6 Å². The van der Waals surface area contributed by atoms with E-state index < -0.39 is 11.0 Å². The number of carbonyl (C=O) groups is 1. The number of furan rings is 1. The standard InChI is InChI=1S/C29H27N5O4S/c1-17(2)28(35)31-21-12-11-19(16-18(21)3)33-27(26(32-29(33)39)22-9-6-7-15-30-22)25-14-13-24(38-25)20-8-4-5-10-23(20)34(36)37/h4-17,26-27H,1-3H3,(H,31,35)(H,32,39)/t26-,27+/m1/s1. The number of benzene rings is 2. The lowest BCUT2D eigenvalue weighted by molar-refractivity contribution is -0.384. The Morgan fingerprint density at radius 2 is 1.90 bits per heavy atom. The fourth-order valence-corrected chi connectivity index (χ4v) is 4.98. The van der Waals surface area contributed by atoms with Crippen LogP contribution in [-0.2, 0) is 4.79 Å². The number of hydrogen-bond acceptors (Lipinski definition) is 6. The summed E-state index contributed by atoms with van der Waals surface area (Å²) in [6, 6.07) is 20.7. The summed E-state index contributed by atoms with van der Waals surface area (Å²) in [5.41, 5.74) is 3.54. The van der Waals surface area contributed by atoms with Crippen molar-refractivity contribution in [3.63, 3.8) is 0 Å². The lowest BCUT2D eigenvalue weighted by Gasteiger charge is -2.27. The molecule has 2 atom stereocenters. The number of thiocarbonyl (C=S) groups is 1. The quantitative estimate of drug-likeness (QED) is 0.159. The second kappa shape index (κ2) is 10.7. The molecule has 1 amide bonds. The Kier molecular flexibility index (Phi) is 7.12. The number of nitro groups is 1. The van der Waals surface area contributed by atoms with E-state index in [4.69, 9.17) is 16.6 Å². The fraction of sp³-hybridized carbons (Fsp3) is 0.207. The zero-order chi connectivity index (χ0) is 27.7. The molecule has 3 heterocycles. The number of hydrogen-bond donors (Lipinski definition) is 2. The van der Waals surface area contributed by atoms with Gasteiger partial charge in [0.1, 0.15) is 17.6 Å². The highest BCUT2D eigenvalue weighted by Crippen LogP contribution is 2.44. The van der Waals surface area contributed by atoms with Crippen molar-refractivity contribution in [2.24, 2.45) is 5.92 Å². The Morgan fingerprint density at radius 3 is 2.59 bits per heavy atom. The van der Waals surface area contributed by atoms with Crippen molar-refractivity contribution in [2.75, 3.05) is 10.2 Å². The van der Waals surface area contributed by atoms with Gasteiger partial charge in [-0.15, -0.1) is 0 Å². The number of aryl methyl sites for hydroxylation is 1. The lowest BCUT2D eigenvalue weighted by atomic mass is 10.0. The Bertz CT molecular complexity index is 1550. The number of carbonyl (C=O) groups excluding carboxylic acids is 1.